The van der Waals surface area contributed by atoms with Crippen molar-refractivity contribution in [3.8, 4) is 5.75 Å². The second kappa shape index (κ2) is 6.57. The molecule has 0 bridgehead atoms. The van der Waals surface area contributed by atoms with Crippen LogP contribution in [-0.4, -0.2) is 22.2 Å². The van der Waals surface area contributed by atoms with E-state index in [1.54, 1.807) is 11.7 Å². The molecule has 0 unspecified atom stereocenters. The lowest BCUT2D eigenvalue weighted by Gasteiger charge is -2.06. The first-order valence-electron chi connectivity index (χ1n) is 6.45. The van der Waals surface area contributed by atoms with Crippen molar-refractivity contribution in [2.75, 3.05) is 6.61 Å². The van der Waals surface area contributed by atoms with E-state index in [0.29, 0.717) is 18.1 Å². The van der Waals surface area contributed by atoms with Crippen LogP contribution in [0.5, 0.6) is 5.75 Å². The molecule has 106 valence electrons. The fourth-order valence-electron chi connectivity index (χ4n) is 1.95. The molecule has 2 rings (SSSR count). The Morgan fingerprint density at radius 1 is 1.35 bits per heavy atom. The monoisotopic (exact) mass is 292 g/mol. The average molecular weight is 293 g/mol. The topological polar surface area (TPSA) is 44.1 Å². The van der Waals surface area contributed by atoms with Gasteiger partial charge in [-0.05, 0) is 19.1 Å². The van der Waals surface area contributed by atoms with Crippen molar-refractivity contribution in [3.63, 3.8) is 0 Å². The number of aryl methyl sites for hydroxylation is 2. The normalized spacial score (nSPS) is 10.6. The Morgan fingerprint density at radius 3 is 2.65 bits per heavy atom. The first kappa shape index (κ1) is 14.6. The van der Waals surface area contributed by atoms with Crippen LogP contribution in [0.3, 0.4) is 0 Å². The fraction of sp³-hybridized carbons (Fsp3) is 0.333. The first-order chi connectivity index (χ1) is 9.58. The molecule has 0 N–H and O–H groups in total. The molecule has 1 aromatic heterocycles. The van der Waals surface area contributed by atoms with Crippen LogP contribution in [0.1, 0.15) is 17.8 Å². The van der Waals surface area contributed by atoms with Crippen LogP contribution in [0.2, 0.25) is 5.02 Å². The minimum absolute atomic E-state index is 0.0887. The lowest BCUT2D eigenvalue weighted by Crippen LogP contribution is -2.11. The van der Waals surface area contributed by atoms with E-state index < -0.39 is 0 Å². The Balaban J connectivity index is 1.84. The molecule has 0 radical (unpaired) electrons. The zero-order valence-corrected chi connectivity index (χ0v) is 12.4. The van der Waals surface area contributed by atoms with Gasteiger partial charge in [0.05, 0.1) is 23.0 Å². The van der Waals surface area contributed by atoms with Gasteiger partial charge in [0.1, 0.15) is 11.5 Å². The van der Waals surface area contributed by atoms with Crippen LogP contribution in [0, 0.1) is 6.92 Å². The molecule has 0 aliphatic heterocycles. The lowest BCUT2D eigenvalue weighted by atomic mass is 10.1. The predicted octanol–water partition coefficient (Wildman–Crippen LogP) is 2.96. The molecule has 0 saturated heterocycles. The minimum Gasteiger partial charge on any atom is -0.493 e. The Hall–Kier alpha value is -1.81. The molecule has 0 spiro atoms. The van der Waals surface area contributed by atoms with Gasteiger partial charge < -0.3 is 4.74 Å². The number of halogens is 1. The average Bonchev–Trinajstić information content (AvgIpc) is 2.67. The number of Topliss-reactive ketones (excluding diaryl/α,β-unsaturated/α-hetero) is 1. The second-order valence-corrected chi connectivity index (χ2v) is 4.97. The fourth-order valence-corrected chi connectivity index (χ4v) is 2.17. The molecule has 4 nitrogen and oxygen atoms in total. The van der Waals surface area contributed by atoms with Crippen LogP contribution in [-0.2, 0) is 18.3 Å². The van der Waals surface area contributed by atoms with Crippen molar-refractivity contribution >= 4 is 17.4 Å². The van der Waals surface area contributed by atoms with Gasteiger partial charge in [-0.2, -0.15) is 5.10 Å². The highest BCUT2D eigenvalue weighted by Gasteiger charge is 2.14. The number of rotatable bonds is 6. The summed E-state index contributed by atoms with van der Waals surface area (Å²) in [5, 5.41) is 4.77. The van der Waals surface area contributed by atoms with Crippen LogP contribution in [0.15, 0.2) is 30.3 Å². The number of ether oxygens (including phenoxy) is 1. The van der Waals surface area contributed by atoms with E-state index >= 15 is 0 Å². The number of carbonyl (C=O) groups excluding carboxylic acids is 1. The highest BCUT2D eigenvalue weighted by Crippen LogP contribution is 2.20. The van der Waals surface area contributed by atoms with E-state index in [-0.39, 0.29) is 12.2 Å². The summed E-state index contributed by atoms with van der Waals surface area (Å²) in [5.74, 6) is 0.862. The predicted molar refractivity (Wildman–Crippen MR) is 78.2 cm³/mol. The molecule has 5 heteroatoms. The van der Waals surface area contributed by atoms with Crippen molar-refractivity contribution in [1.29, 1.82) is 0 Å². The molecule has 2 aromatic rings. The first-order valence-corrected chi connectivity index (χ1v) is 6.83. The van der Waals surface area contributed by atoms with E-state index in [1.165, 1.54) is 0 Å². The van der Waals surface area contributed by atoms with Crippen molar-refractivity contribution in [2.45, 2.75) is 19.8 Å². The van der Waals surface area contributed by atoms with E-state index in [9.17, 15) is 4.79 Å². The maximum atomic E-state index is 11.9. The maximum absolute atomic E-state index is 11.9. The summed E-state index contributed by atoms with van der Waals surface area (Å²) in [6.07, 6.45) is 0.643. The molecule has 0 aliphatic rings. The third-order valence-corrected chi connectivity index (χ3v) is 3.51. The number of hydrogen-bond acceptors (Lipinski definition) is 3. The van der Waals surface area contributed by atoms with Gasteiger partial charge in [0.25, 0.3) is 0 Å². The molecular formula is C15H17ClN2O2. The van der Waals surface area contributed by atoms with Gasteiger partial charge in [0.2, 0.25) is 0 Å². The van der Waals surface area contributed by atoms with Crippen molar-refractivity contribution in [2.24, 2.45) is 7.05 Å². The Kier molecular flexibility index (Phi) is 4.79. The number of carbonyl (C=O) groups is 1. The summed E-state index contributed by atoms with van der Waals surface area (Å²) in [6.45, 7) is 2.20. The third-order valence-electron chi connectivity index (χ3n) is 3.02. The Labute approximate surface area is 123 Å². The number of nitrogens with zero attached hydrogens (tertiary/aromatic N) is 2. The number of ketones is 1. The van der Waals surface area contributed by atoms with Gasteiger partial charge >= 0.3 is 0 Å². The van der Waals surface area contributed by atoms with Crippen molar-refractivity contribution in [3.05, 3.63) is 46.7 Å². The summed E-state index contributed by atoms with van der Waals surface area (Å²) >= 11 is 6.12. The summed E-state index contributed by atoms with van der Waals surface area (Å²) in [5.41, 5.74) is 1.51. The molecule has 0 amide bonds. The van der Waals surface area contributed by atoms with E-state index in [1.807, 2.05) is 37.3 Å². The van der Waals surface area contributed by atoms with Gasteiger partial charge in [-0.25, -0.2) is 0 Å². The summed E-state index contributed by atoms with van der Waals surface area (Å²) in [4.78, 5) is 11.9. The van der Waals surface area contributed by atoms with Gasteiger partial charge in [-0.3, -0.25) is 9.48 Å². The lowest BCUT2D eigenvalue weighted by molar-refractivity contribution is -0.119. The zero-order chi connectivity index (χ0) is 14.5. The molecule has 1 aromatic carbocycles. The van der Waals surface area contributed by atoms with Crippen LogP contribution >= 0.6 is 11.6 Å². The molecule has 1 heterocycles. The van der Waals surface area contributed by atoms with Gasteiger partial charge in [0, 0.05) is 19.9 Å². The van der Waals surface area contributed by atoms with Gasteiger partial charge in [-0.15, -0.1) is 0 Å². The van der Waals surface area contributed by atoms with E-state index in [0.717, 1.165) is 17.1 Å². The molecular weight excluding hydrogens is 276 g/mol. The zero-order valence-electron chi connectivity index (χ0n) is 11.6. The van der Waals surface area contributed by atoms with Crippen molar-refractivity contribution in [1.82, 2.24) is 9.78 Å². The van der Waals surface area contributed by atoms with E-state index in [2.05, 4.69) is 5.10 Å². The molecule has 0 aliphatic carbocycles. The Morgan fingerprint density at radius 2 is 2.05 bits per heavy atom. The largest absolute Gasteiger partial charge is 0.493 e. The third kappa shape index (κ3) is 3.61. The number of para-hydroxylation sites is 1. The van der Waals surface area contributed by atoms with Crippen LogP contribution in [0.4, 0.5) is 0 Å². The summed E-state index contributed by atoms with van der Waals surface area (Å²) in [7, 11) is 1.79. The van der Waals surface area contributed by atoms with Crippen LogP contribution < -0.4 is 4.74 Å². The standard InChI is InChI=1S/C15H17ClN2O2/c1-11-15(16)14(18(2)17-11)10-12(19)8-9-20-13-6-4-3-5-7-13/h3-7H,8-10H2,1-2H3. The van der Waals surface area contributed by atoms with E-state index in [4.69, 9.17) is 16.3 Å². The summed E-state index contributed by atoms with van der Waals surface area (Å²) in [6, 6.07) is 9.45. The number of hydrogen-bond donors (Lipinski definition) is 0. The van der Waals surface area contributed by atoms with Crippen molar-refractivity contribution < 1.29 is 9.53 Å². The highest BCUT2D eigenvalue weighted by atomic mass is 35.5. The molecule has 0 fully saturated rings. The highest BCUT2D eigenvalue weighted by molar-refractivity contribution is 6.32. The van der Waals surface area contributed by atoms with Gasteiger partial charge in [0.15, 0.2) is 0 Å². The SMILES string of the molecule is Cc1nn(C)c(CC(=O)CCOc2ccccc2)c1Cl. The molecule has 0 saturated carbocycles. The minimum atomic E-state index is 0.0887. The number of aromatic nitrogens is 2. The van der Waals surface area contributed by atoms with Gasteiger partial charge in [-0.1, -0.05) is 29.8 Å². The Bertz CT molecular complexity index is 593. The second-order valence-electron chi connectivity index (χ2n) is 4.60. The quantitative estimate of drug-likeness (QED) is 0.822. The molecule has 0 atom stereocenters. The van der Waals surface area contributed by atoms with Crippen LogP contribution in [0.25, 0.3) is 0 Å². The molecule has 20 heavy (non-hydrogen) atoms. The maximum Gasteiger partial charge on any atom is 0.142 e. The smallest absolute Gasteiger partial charge is 0.142 e. The number of benzene rings is 1. The summed E-state index contributed by atoms with van der Waals surface area (Å²) < 4.78 is 7.16.